The average Bonchev–Trinajstić information content (AvgIpc) is 3.13. The minimum Gasteiger partial charge on any atom is -0.450 e. The molecule has 8 heteroatoms. The van der Waals surface area contributed by atoms with Crippen LogP contribution in [0.1, 0.15) is 30.3 Å². The molecule has 1 aromatic heterocycles. The van der Waals surface area contributed by atoms with Gasteiger partial charge < -0.3 is 15.0 Å². The first-order valence-electron chi connectivity index (χ1n) is 8.60. The van der Waals surface area contributed by atoms with Gasteiger partial charge in [0, 0.05) is 24.7 Å². The number of halogens is 1. The van der Waals surface area contributed by atoms with Crippen LogP contribution in [0.25, 0.3) is 11.3 Å². The SMILES string of the molecule is CCOC(=O)N1CCC(NC(=O)c2cc(-c3ccc(F)cc3)n[nH]2)CC1. The molecule has 1 saturated heterocycles. The molecule has 2 N–H and O–H groups in total. The molecule has 1 aliphatic heterocycles. The minimum absolute atomic E-state index is 0.00857. The maximum atomic E-state index is 13.0. The topological polar surface area (TPSA) is 87.3 Å². The Balaban J connectivity index is 1.55. The van der Waals surface area contributed by atoms with Crippen molar-refractivity contribution >= 4 is 12.0 Å². The summed E-state index contributed by atoms with van der Waals surface area (Å²) in [6.07, 6.45) is 1.03. The highest BCUT2D eigenvalue weighted by Gasteiger charge is 2.25. The number of carbonyl (C=O) groups is 2. The lowest BCUT2D eigenvalue weighted by Crippen LogP contribution is -2.46. The van der Waals surface area contributed by atoms with E-state index in [9.17, 15) is 14.0 Å². The van der Waals surface area contributed by atoms with Crippen LogP contribution in [0.4, 0.5) is 9.18 Å². The summed E-state index contributed by atoms with van der Waals surface area (Å²) < 4.78 is 18.0. The molecule has 1 fully saturated rings. The molecule has 0 bridgehead atoms. The Hall–Kier alpha value is -2.90. The molecule has 7 nitrogen and oxygen atoms in total. The Labute approximate surface area is 150 Å². The van der Waals surface area contributed by atoms with Crippen LogP contribution >= 0.6 is 0 Å². The summed E-state index contributed by atoms with van der Waals surface area (Å²) in [6.45, 7) is 3.22. The molecule has 0 aliphatic carbocycles. The van der Waals surface area contributed by atoms with Crippen molar-refractivity contribution < 1.29 is 18.7 Å². The number of H-pyrrole nitrogens is 1. The van der Waals surface area contributed by atoms with Crippen molar-refractivity contribution in [2.45, 2.75) is 25.8 Å². The van der Waals surface area contributed by atoms with Gasteiger partial charge in [0.15, 0.2) is 0 Å². The van der Waals surface area contributed by atoms with Gasteiger partial charge in [-0.25, -0.2) is 9.18 Å². The van der Waals surface area contributed by atoms with Crippen molar-refractivity contribution in [2.75, 3.05) is 19.7 Å². The van der Waals surface area contributed by atoms with Crippen molar-refractivity contribution in [3.63, 3.8) is 0 Å². The molecule has 2 amide bonds. The van der Waals surface area contributed by atoms with Crippen LogP contribution in [0.15, 0.2) is 30.3 Å². The van der Waals surface area contributed by atoms with Crippen LogP contribution in [0, 0.1) is 5.82 Å². The third-order valence-corrected chi connectivity index (χ3v) is 4.32. The van der Waals surface area contributed by atoms with Crippen molar-refractivity contribution in [2.24, 2.45) is 0 Å². The quantitative estimate of drug-likeness (QED) is 0.877. The molecule has 0 spiro atoms. The van der Waals surface area contributed by atoms with Gasteiger partial charge in [-0.15, -0.1) is 0 Å². The normalized spacial score (nSPS) is 14.9. The number of amides is 2. The summed E-state index contributed by atoms with van der Waals surface area (Å²) >= 11 is 0. The van der Waals surface area contributed by atoms with Gasteiger partial charge in [0.2, 0.25) is 0 Å². The molecular weight excluding hydrogens is 339 g/mol. The first kappa shape index (κ1) is 17.9. The highest BCUT2D eigenvalue weighted by Crippen LogP contribution is 2.18. The van der Waals surface area contributed by atoms with Crippen LogP contribution < -0.4 is 5.32 Å². The summed E-state index contributed by atoms with van der Waals surface area (Å²) in [6, 6.07) is 7.54. The van der Waals surface area contributed by atoms with Gasteiger partial charge in [-0.05, 0) is 50.1 Å². The molecule has 1 aromatic carbocycles. The number of hydrogen-bond acceptors (Lipinski definition) is 4. The van der Waals surface area contributed by atoms with E-state index >= 15 is 0 Å². The standard InChI is InChI=1S/C18H21FN4O3/c1-2-26-18(25)23-9-7-14(8-10-23)20-17(24)16-11-15(21-22-16)12-3-5-13(19)6-4-12/h3-6,11,14H,2,7-10H2,1H3,(H,20,24)(H,21,22). The zero-order valence-corrected chi connectivity index (χ0v) is 14.5. The lowest BCUT2D eigenvalue weighted by atomic mass is 10.1. The van der Waals surface area contributed by atoms with Crippen LogP contribution in [0.3, 0.4) is 0 Å². The largest absolute Gasteiger partial charge is 0.450 e. The van der Waals surface area contributed by atoms with Crippen molar-refractivity contribution in [3.05, 3.63) is 41.8 Å². The Morgan fingerprint density at radius 1 is 1.31 bits per heavy atom. The number of carbonyl (C=O) groups excluding carboxylic acids is 2. The van der Waals surface area contributed by atoms with Crippen LogP contribution in [-0.4, -0.2) is 52.8 Å². The number of aromatic amines is 1. The van der Waals surface area contributed by atoms with E-state index in [0.29, 0.717) is 43.9 Å². The minimum atomic E-state index is -0.323. The fourth-order valence-corrected chi connectivity index (χ4v) is 2.89. The fourth-order valence-electron chi connectivity index (χ4n) is 2.89. The van der Waals surface area contributed by atoms with Crippen LogP contribution in [0.2, 0.25) is 0 Å². The molecule has 2 heterocycles. The van der Waals surface area contributed by atoms with Gasteiger partial charge in [-0.1, -0.05) is 0 Å². The van der Waals surface area contributed by atoms with Crippen LogP contribution in [-0.2, 0) is 4.74 Å². The number of benzene rings is 1. The summed E-state index contributed by atoms with van der Waals surface area (Å²) in [4.78, 5) is 25.7. The number of aromatic nitrogens is 2. The van der Waals surface area contributed by atoms with Crippen molar-refractivity contribution in [1.82, 2.24) is 20.4 Å². The van der Waals surface area contributed by atoms with Crippen molar-refractivity contribution in [3.8, 4) is 11.3 Å². The summed E-state index contributed by atoms with van der Waals surface area (Å²) in [5.74, 6) is -0.572. The number of nitrogens with one attached hydrogen (secondary N) is 2. The number of nitrogens with zero attached hydrogens (tertiary/aromatic N) is 2. The van der Waals surface area contributed by atoms with E-state index in [1.54, 1.807) is 30.0 Å². The van der Waals surface area contributed by atoms with Gasteiger partial charge in [0.1, 0.15) is 11.5 Å². The molecule has 0 radical (unpaired) electrons. The van der Waals surface area contributed by atoms with E-state index in [4.69, 9.17) is 4.74 Å². The monoisotopic (exact) mass is 360 g/mol. The fraction of sp³-hybridized carbons (Fsp3) is 0.389. The summed E-state index contributed by atoms with van der Waals surface area (Å²) in [5, 5.41) is 9.77. The van der Waals surface area contributed by atoms with E-state index in [1.807, 2.05) is 0 Å². The molecule has 26 heavy (non-hydrogen) atoms. The maximum absolute atomic E-state index is 13.0. The van der Waals surface area contributed by atoms with Gasteiger partial charge in [0.25, 0.3) is 5.91 Å². The summed E-state index contributed by atoms with van der Waals surface area (Å²) in [5.41, 5.74) is 1.65. The summed E-state index contributed by atoms with van der Waals surface area (Å²) in [7, 11) is 0. The molecule has 138 valence electrons. The second kappa shape index (κ2) is 7.99. The number of piperidine rings is 1. The number of hydrogen-bond donors (Lipinski definition) is 2. The van der Waals surface area contributed by atoms with E-state index in [2.05, 4.69) is 15.5 Å². The van der Waals surface area contributed by atoms with Gasteiger partial charge in [-0.3, -0.25) is 9.89 Å². The smallest absolute Gasteiger partial charge is 0.409 e. The predicted molar refractivity (Wildman–Crippen MR) is 93.1 cm³/mol. The molecule has 1 aliphatic rings. The van der Waals surface area contributed by atoms with Crippen LogP contribution in [0.5, 0.6) is 0 Å². The highest BCUT2D eigenvalue weighted by atomic mass is 19.1. The lowest BCUT2D eigenvalue weighted by molar-refractivity contribution is 0.0856. The average molecular weight is 360 g/mol. The molecule has 3 rings (SSSR count). The second-order valence-corrected chi connectivity index (χ2v) is 6.11. The molecule has 0 atom stereocenters. The van der Waals surface area contributed by atoms with Gasteiger partial charge >= 0.3 is 6.09 Å². The van der Waals surface area contributed by atoms with Crippen molar-refractivity contribution in [1.29, 1.82) is 0 Å². The first-order valence-corrected chi connectivity index (χ1v) is 8.60. The Morgan fingerprint density at radius 2 is 2.00 bits per heavy atom. The maximum Gasteiger partial charge on any atom is 0.409 e. The molecular formula is C18H21FN4O3. The number of rotatable bonds is 4. The zero-order valence-electron chi connectivity index (χ0n) is 14.5. The third-order valence-electron chi connectivity index (χ3n) is 4.32. The van der Waals surface area contributed by atoms with E-state index in [1.165, 1.54) is 12.1 Å². The lowest BCUT2D eigenvalue weighted by Gasteiger charge is -2.31. The van der Waals surface area contributed by atoms with E-state index in [-0.39, 0.29) is 23.9 Å². The molecule has 2 aromatic rings. The second-order valence-electron chi connectivity index (χ2n) is 6.11. The number of likely N-dealkylation sites (tertiary alicyclic amines) is 1. The molecule has 0 saturated carbocycles. The molecule has 0 unspecified atom stereocenters. The predicted octanol–water partition coefficient (Wildman–Crippen LogP) is 2.57. The van der Waals surface area contributed by atoms with E-state index < -0.39 is 0 Å². The zero-order chi connectivity index (χ0) is 18.5. The number of ether oxygens (including phenoxy) is 1. The van der Waals surface area contributed by atoms with Gasteiger partial charge in [-0.2, -0.15) is 5.10 Å². The highest BCUT2D eigenvalue weighted by molar-refractivity contribution is 5.93. The van der Waals surface area contributed by atoms with E-state index in [0.717, 1.165) is 5.56 Å². The Bertz CT molecular complexity index is 767. The third kappa shape index (κ3) is 4.19. The first-order chi connectivity index (χ1) is 12.6. The Morgan fingerprint density at radius 3 is 2.65 bits per heavy atom. The van der Waals surface area contributed by atoms with Gasteiger partial charge in [0.05, 0.1) is 12.3 Å². The Kier molecular flexibility index (Phi) is 5.50.